The van der Waals surface area contributed by atoms with E-state index >= 15 is 0 Å². The van der Waals surface area contributed by atoms with Crippen molar-refractivity contribution in [2.45, 2.75) is 63.1 Å². The van der Waals surface area contributed by atoms with Crippen LogP contribution in [-0.2, 0) is 25.5 Å². The number of benzene rings is 2. The van der Waals surface area contributed by atoms with Crippen LogP contribution in [0.25, 0.3) is 0 Å². The molecule has 0 spiro atoms. The number of amides is 2. The van der Waals surface area contributed by atoms with Crippen LogP contribution in [0, 0.1) is 5.92 Å². The highest BCUT2D eigenvalue weighted by molar-refractivity contribution is 7.98. The highest BCUT2D eigenvalue weighted by Crippen LogP contribution is 2.28. The second-order valence-corrected chi connectivity index (χ2v) is 10.5. The van der Waals surface area contributed by atoms with Gasteiger partial charge in [-0.05, 0) is 54.9 Å². The van der Waals surface area contributed by atoms with E-state index in [0.717, 1.165) is 36.9 Å². The number of hydrogen-bond donors (Lipinski definition) is 3. The number of thioether (sulfide) groups is 1. The van der Waals surface area contributed by atoms with Gasteiger partial charge >= 0.3 is 5.97 Å². The van der Waals surface area contributed by atoms with Crippen LogP contribution < -0.4 is 16.0 Å². The van der Waals surface area contributed by atoms with Crippen molar-refractivity contribution in [2.24, 2.45) is 5.92 Å². The van der Waals surface area contributed by atoms with Crippen LogP contribution in [0.5, 0.6) is 0 Å². The molecule has 8 heteroatoms. The van der Waals surface area contributed by atoms with Crippen molar-refractivity contribution in [1.29, 1.82) is 0 Å². The van der Waals surface area contributed by atoms with Gasteiger partial charge in [-0.15, -0.1) is 0 Å². The Morgan fingerprint density at radius 2 is 1.51 bits per heavy atom. The molecule has 0 heterocycles. The van der Waals surface area contributed by atoms with Gasteiger partial charge in [-0.1, -0.05) is 67.8 Å². The molecule has 7 nitrogen and oxygen atoms in total. The van der Waals surface area contributed by atoms with Gasteiger partial charge in [0.25, 0.3) is 0 Å². The zero-order valence-electron chi connectivity index (χ0n) is 21.8. The van der Waals surface area contributed by atoms with Gasteiger partial charge in [0.2, 0.25) is 11.8 Å². The Balaban J connectivity index is 1.74. The number of nitrogens with one attached hydrogen (secondary N) is 3. The molecule has 0 bridgehead atoms. The highest BCUT2D eigenvalue weighted by Gasteiger charge is 2.33. The number of methoxy groups -OCH3 is 1. The van der Waals surface area contributed by atoms with Crippen molar-refractivity contribution in [3.8, 4) is 0 Å². The Kier molecular flexibility index (Phi) is 11.8. The topological polar surface area (TPSA) is 96.5 Å². The molecule has 2 amide bonds. The van der Waals surface area contributed by atoms with E-state index in [0.29, 0.717) is 18.6 Å². The Bertz CT molecular complexity index is 983. The molecule has 0 radical (unpaired) electrons. The molecule has 3 atom stereocenters. The van der Waals surface area contributed by atoms with E-state index in [1.165, 1.54) is 13.5 Å². The predicted octanol–water partition coefficient (Wildman–Crippen LogP) is 4.19. The van der Waals surface area contributed by atoms with Crippen LogP contribution in [0.15, 0.2) is 60.7 Å². The molecule has 0 saturated heterocycles. The maximum atomic E-state index is 13.6. The molecule has 0 aliphatic heterocycles. The molecule has 1 unspecified atom stereocenters. The fraction of sp³-hybridized carbons (Fsp3) is 0.483. The highest BCUT2D eigenvalue weighted by atomic mass is 32.2. The monoisotopic (exact) mass is 525 g/mol. The fourth-order valence-electron chi connectivity index (χ4n) is 4.80. The summed E-state index contributed by atoms with van der Waals surface area (Å²) in [6.07, 6.45) is 8.06. The molecule has 2 aromatic rings. The zero-order chi connectivity index (χ0) is 26.5. The SMILES string of the molecule is COC(=O)[C@H](Cc1ccccc1)NC(=O)[C@@H](CCSC)NC(=O)C(Nc1ccccc1)C1CCCCC1. The van der Waals surface area contributed by atoms with Crippen LogP contribution in [0.3, 0.4) is 0 Å². The maximum Gasteiger partial charge on any atom is 0.328 e. The summed E-state index contributed by atoms with van der Waals surface area (Å²) in [6.45, 7) is 0. The van der Waals surface area contributed by atoms with Crippen molar-refractivity contribution in [3.05, 3.63) is 66.2 Å². The smallest absolute Gasteiger partial charge is 0.328 e. The molecule has 2 aromatic carbocycles. The molecule has 1 aliphatic carbocycles. The van der Waals surface area contributed by atoms with E-state index in [2.05, 4.69) is 16.0 Å². The van der Waals surface area contributed by atoms with Gasteiger partial charge in [0.15, 0.2) is 0 Å². The predicted molar refractivity (Wildman–Crippen MR) is 149 cm³/mol. The van der Waals surface area contributed by atoms with Crippen LogP contribution in [0.1, 0.15) is 44.1 Å². The minimum atomic E-state index is -0.842. The van der Waals surface area contributed by atoms with E-state index in [1.54, 1.807) is 11.8 Å². The Morgan fingerprint density at radius 3 is 2.14 bits per heavy atom. The minimum absolute atomic E-state index is 0.185. The van der Waals surface area contributed by atoms with Crippen molar-refractivity contribution in [1.82, 2.24) is 10.6 Å². The number of hydrogen-bond acceptors (Lipinski definition) is 6. The minimum Gasteiger partial charge on any atom is -0.467 e. The summed E-state index contributed by atoms with van der Waals surface area (Å²) in [5.74, 6) is -0.192. The molecule has 3 N–H and O–H groups in total. The van der Waals surface area contributed by atoms with Gasteiger partial charge in [-0.3, -0.25) is 9.59 Å². The number of esters is 1. The molecular weight excluding hydrogens is 486 g/mol. The van der Waals surface area contributed by atoms with Crippen LogP contribution in [-0.4, -0.2) is 55.0 Å². The molecule has 1 fully saturated rings. The summed E-state index contributed by atoms with van der Waals surface area (Å²) >= 11 is 1.61. The summed E-state index contributed by atoms with van der Waals surface area (Å²) in [6, 6.07) is 17.2. The lowest BCUT2D eigenvalue weighted by Crippen LogP contribution is -2.56. The number of ether oxygens (including phenoxy) is 1. The van der Waals surface area contributed by atoms with Crippen LogP contribution in [0.4, 0.5) is 5.69 Å². The first kappa shape index (κ1) is 28.6. The number of para-hydroxylation sites is 1. The summed E-state index contributed by atoms with van der Waals surface area (Å²) in [5, 5.41) is 9.28. The first-order valence-corrected chi connectivity index (χ1v) is 14.4. The molecule has 0 aromatic heterocycles. The molecule has 1 aliphatic rings. The number of carbonyl (C=O) groups is 3. The molecule has 3 rings (SSSR count). The van der Waals surface area contributed by atoms with E-state index in [9.17, 15) is 14.4 Å². The Hall–Kier alpha value is -3.00. The summed E-state index contributed by atoms with van der Waals surface area (Å²) in [7, 11) is 1.31. The third-order valence-electron chi connectivity index (χ3n) is 6.83. The molecular formula is C29H39N3O4S. The third kappa shape index (κ3) is 9.11. The number of anilines is 1. The maximum absolute atomic E-state index is 13.6. The second-order valence-electron chi connectivity index (χ2n) is 9.50. The quantitative estimate of drug-likeness (QED) is 0.340. The lowest BCUT2D eigenvalue weighted by Gasteiger charge is -2.32. The van der Waals surface area contributed by atoms with Crippen molar-refractivity contribution < 1.29 is 19.1 Å². The van der Waals surface area contributed by atoms with Gasteiger partial charge < -0.3 is 20.7 Å². The fourth-order valence-corrected chi connectivity index (χ4v) is 5.27. The van der Waals surface area contributed by atoms with E-state index in [-0.39, 0.29) is 17.7 Å². The molecule has 200 valence electrons. The lowest BCUT2D eigenvalue weighted by molar-refractivity contribution is -0.145. The largest absolute Gasteiger partial charge is 0.467 e. The van der Waals surface area contributed by atoms with Crippen molar-refractivity contribution in [3.63, 3.8) is 0 Å². The first-order chi connectivity index (χ1) is 18.0. The Morgan fingerprint density at radius 1 is 0.892 bits per heavy atom. The van der Waals surface area contributed by atoms with E-state index < -0.39 is 24.1 Å². The normalized spacial score (nSPS) is 16.2. The molecule has 1 saturated carbocycles. The van der Waals surface area contributed by atoms with Crippen LogP contribution in [0.2, 0.25) is 0 Å². The van der Waals surface area contributed by atoms with E-state index in [4.69, 9.17) is 4.74 Å². The summed E-state index contributed by atoms with van der Waals surface area (Å²) in [4.78, 5) is 39.5. The van der Waals surface area contributed by atoms with Crippen LogP contribution >= 0.6 is 11.8 Å². The average molecular weight is 526 g/mol. The third-order valence-corrected chi connectivity index (χ3v) is 7.47. The van der Waals surface area contributed by atoms with Gasteiger partial charge in [-0.2, -0.15) is 11.8 Å². The van der Waals surface area contributed by atoms with Gasteiger partial charge in [0.05, 0.1) is 7.11 Å². The Labute approximate surface area is 224 Å². The summed E-state index contributed by atoms with van der Waals surface area (Å²) in [5.41, 5.74) is 1.79. The average Bonchev–Trinajstić information content (AvgIpc) is 2.94. The number of carbonyl (C=O) groups excluding carboxylic acids is 3. The van der Waals surface area contributed by atoms with E-state index in [1.807, 2.05) is 66.9 Å². The van der Waals surface area contributed by atoms with Gasteiger partial charge in [0, 0.05) is 12.1 Å². The number of rotatable bonds is 13. The van der Waals surface area contributed by atoms with Crippen molar-refractivity contribution in [2.75, 3.05) is 24.4 Å². The zero-order valence-corrected chi connectivity index (χ0v) is 22.6. The molecule has 37 heavy (non-hydrogen) atoms. The lowest BCUT2D eigenvalue weighted by atomic mass is 9.83. The standard InChI is InChI=1S/C29H39N3O4S/c1-36-29(35)25(20-21-12-6-3-7-13-21)32-27(33)24(18-19-37-2)31-28(34)26(22-14-8-4-9-15-22)30-23-16-10-5-11-17-23/h3,5-7,10-13,16-17,22,24-26,30H,4,8-9,14-15,18-20H2,1-2H3,(H,31,34)(H,32,33)/t24-,25+,26?/m1/s1. The first-order valence-electron chi connectivity index (χ1n) is 13.0. The van der Waals surface area contributed by atoms with Crippen molar-refractivity contribution >= 4 is 35.2 Å². The van der Waals surface area contributed by atoms with Gasteiger partial charge in [0.1, 0.15) is 18.1 Å². The van der Waals surface area contributed by atoms with Gasteiger partial charge in [-0.25, -0.2) is 4.79 Å². The second kappa shape index (κ2) is 15.3. The summed E-state index contributed by atoms with van der Waals surface area (Å²) < 4.78 is 4.96.